The van der Waals surface area contributed by atoms with E-state index in [1.165, 1.54) is 11.1 Å². The van der Waals surface area contributed by atoms with Gasteiger partial charge in [0.05, 0.1) is 0 Å². The first-order valence-corrected chi connectivity index (χ1v) is 7.18. The molecule has 1 N–H and O–H groups in total. The molecule has 21 heavy (non-hydrogen) atoms. The van der Waals surface area contributed by atoms with Crippen LogP contribution in [0.4, 0.5) is 5.69 Å². The SMILES string of the molecule is CCc1ccc(C(C)Nc2cccc(OCC#N)c2)cc1. The van der Waals surface area contributed by atoms with Crippen LogP contribution in [-0.4, -0.2) is 6.61 Å². The number of anilines is 1. The number of rotatable bonds is 6. The molecular weight excluding hydrogens is 260 g/mol. The maximum Gasteiger partial charge on any atom is 0.174 e. The second kappa shape index (κ2) is 7.35. The number of ether oxygens (including phenoxy) is 1. The van der Waals surface area contributed by atoms with Gasteiger partial charge in [-0.05, 0) is 36.6 Å². The van der Waals surface area contributed by atoms with Crippen LogP contribution in [0.3, 0.4) is 0 Å². The fourth-order valence-electron chi connectivity index (χ4n) is 2.17. The topological polar surface area (TPSA) is 45.0 Å². The molecule has 2 aromatic carbocycles. The minimum Gasteiger partial charge on any atom is -0.479 e. The Morgan fingerprint density at radius 3 is 2.62 bits per heavy atom. The summed E-state index contributed by atoms with van der Waals surface area (Å²) in [7, 11) is 0. The third-order valence-corrected chi connectivity index (χ3v) is 3.41. The van der Waals surface area contributed by atoms with Crippen LogP contribution >= 0.6 is 0 Å². The van der Waals surface area contributed by atoms with Crippen molar-refractivity contribution < 1.29 is 4.74 Å². The van der Waals surface area contributed by atoms with Crippen molar-refractivity contribution in [2.45, 2.75) is 26.3 Å². The minimum atomic E-state index is 0.0670. The normalized spacial score (nSPS) is 11.5. The zero-order chi connectivity index (χ0) is 15.1. The molecule has 2 aromatic rings. The van der Waals surface area contributed by atoms with Crippen molar-refractivity contribution in [1.82, 2.24) is 0 Å². The highest BCUT2D eigenvalue weighted by Gasteiger charge is 2.06. The summed E-state index contributed by atoms with van der Waals surface area (Å²) >= 11 is 0. The molecule has 0 aliphatic heterocycles. The molecule has 0 spiro atoms. The van der Waals surface area contributed by atoms with Gasteiger partial charge in [0.25, 0.3) is 0 Å². The van der Waals surface area contributed by atoms with E-state index in [1.807, 2.05) is 30.3 Å². The smallest absolute Gasteiger partial charge is 0.174 e. The van der Waals surface area contributed by atoms with Crippen molar-refractivity contribution in [3.05, 3.63) is 59.7 Å². The summed E-state index contributed by atoms with van der Waals surface area (Å²) in [5, 5.41) is 12.0. The van der Waals surface area contributed by atoms with E-state index in [4.69, 9.17) is 10.00 Å². The van der Waals surface area contributed by atoms with Gasteiger partial charge in [-0.3, -0.25) is 0 Å². The molecule has 0 aliphatic rings. The molecule has 0 saturated carbocycles. The Labute approximate surface area is 126 Å². The van der Waals surface area contributed by atoms with E-state index >= 15 is 0 Å². The van der Waals surface area contributed by atoms with Crippen molar-refractivity contribution >= 4 is 5.69 Å². The Bertz CT molecular complexity index is 614. The lowest BCUT2D eigenvalue weighted by atomic mass is 10.0. The summed E-state index contributed by atoms with van der Waals surface area (Å²) in [5.41, 5.74) is 3.57. The van der Waals surface area contributed by atoms with Gasteiger partial charge in [-0.1, -0.05) is 37.3 Å². The third kappa shape index (κ3) is 4.25. The molecule has 0 bridgehead atoms. The van der Waals surface area contributed by atoms with Gasteiger partial charge in [-0.2, -0.15) is 5.26 Å². The second-order valence-electron chi connectivity index (χ2n) is 4.94. The first kappa shape index (κ1) is 14.9. The Morgan fingerprint density at radius 2 is 1.95 bits per heavy atom. The van der Waals surface area contributed by atoms with Gasteiger partial charge >= 0.3 is 0 Å². The van der Waals surface area contributed by atoms with E-state index < -0.39 is 0 Å². The minimum absolute atomic E-state index is 0.0670. The highest BCUT2D eigenvalue weighted by Crippen LogP contribution is 2.23. The summed E-state index contributed by atoms with van der Waals surface area (Å²) in [4.78, 5) is 0. The predicted molar refractivity (Wildman–Crippen MR) is 85.4 cm³/mol. The quantitative estimate of drug-likeness (QED) is 0.856. The molecular formula is C18H20N2O. The summed E-state index contributed by atoms with van der Waals surface area (Å²) in [6.07, 6.45) is 1.06. The van der Waals surface area contributed by atoms with Gasteiger partial charge in [-0.15, -0.1) is 0 Å². The van der Waals surface area contributed by atoms with Crippen molar-refractivity contribution in [2.24, 2.45) is 0 Å². The van der Waals surface area contributed by atoms with Crippen LogP contribution in [0.25, 0.3) is 0 Å². The molecule has 0 fully saturated rings. The summed E-state index contributed by atoms with van der Waals surface area (Å²) < 4.78 is 5.31. The number of nitriles is 1. The number of hydrogen-bond acceptors (Lipinski definition) is 3. The van der Waals surface area contributed by atoms with Gasteiger partial charge in [0.2, 0.25) is 0 Å². The summed E-state index contributed by atoms with van der Waals surface area (Å²) in [6, 6.07) is 18.5. The van der Waals surface area contributed by atoms with Crippen molar-refractivity contribution in [1.29, 1.82) is 5.26 Å². The van der Waals surface area contributed by atoms with Gasteiger partial charge in [0, 0.05) is 17.8 Å². The summed E-state index contributed by atoms with van der Waals surface area (Å²) in [5.74, 6) is 0.704. The van der Waals surface area contributed by atoms with Crippen molar-refractivity contribution in [3.63, 3.8) is 0 Å². The molecule has 1 unspecified atom stereocenters. The molecule has 108 valence electrons. The Kier molecular flexibility index (Phi) is 5.22. The van der Waals surface area contributed by atoms with Crippen LogP contribution in [0.5, 0.6) is 5.75 Å². The number of benzene rings is 2. The van der Waals surface area contributed by atoms with Gasteiger partial charge in [-0.25, -0.2) is 0 Å². The largest absolute Gasteiger partial charge is 0.479 e. The zero-order valence-electron chi connectivity index (χ0n) is 12.5. The number of hydrogen-bond donors (Lipinski definition) is 1. The van der Waals surface area contributed by atoms with E-state index in [2.05, 4.69) is 43.4 Å². The maximum atomic E-state index is 8.54. The van der Waals surface area contributed by atoms with E-state index in [0.717, 1.165) is 12.1 Å². The van der Waals surface area contributed by atoms with Crippen LogP contribution in [0.15, 0.2) is 48.5 Å². The fourth-order valence-corrected chi connectivity index (χ4v) is 2.17. The molecule has 0 aliphatic carbocycles. The Morgan fingerprint density at radius 1 is 1.19 bits per heavy atom. The van der Waals surface area contributed by atoms with E-state index in [0.29, 0.717) is 5.75 Å². The lowest BCUT2D eigenvalue weighted by molar-refractivity contribution is 0.368. The average molecular weight is 280 g/mol. The first-order valence-electron chi connectivity index (χ1n) is 7.18. The Hall–Kier alpha value is -2.47. The number of aryl methyl sites for hydroxylation is 1. The number of nitrogens with one attached hydrogen (secondary N) is 1. The van der Waals surface area contributed by atoms with Crippen molar-refractivity contribution in [3.8, 4) is 11.8 Å². The van der Waals surface area contributed by atoms with E-state index in [1.54, 1.807) is 0 Å². The van der Waals surface area contributed by atoms with Crippen LogP contribution < -0.4 is 10.1 Å². The van der Waals surface area contributed by atoms with E-state index in [9.17, 15) is 0 Å². The van der Waals surface area contributed by atoms with E-state index in [-0.39, 0.29) is 12.6 Å². The molecule has 3 nitrogen and oxygen atoms in total. The highest BCUT2D eigenvalue weighted by atomic mass is 16.5. The predicted octanol–water partition coefficient (Wildman–Crippen LogP) is 4.32. The van der Waals surface area contributed by atoms with Gasteiger partial charge in [0.15, 0.2) is 6.61 Å². The van der Waals surface area contributed by atoms with Gasteiger partial charge < -0.3 is 10.1 Å². The lowest BCUT2D eigenvalue weighted by Gasteiger charge is -2.16. The third-order valence-electron chi connectivity index (χ3n) is 3.41. The lowest BCUT2D eigenvalue weighted by Crippen LogP contribution is -2.06. The Balaban J connectivity index is 2.04. The molecule has 0 saturated heterocycles. The van der Waals surface area contributed by atoms with Crippen LogP contribution in [0.2, 0.25) is 0 Å². The highest BCUT2D eigenvalue weighted by molar-refractivity contribution is 5.50. The molecule has 3 heteroatoms. The van der Waals surface area contributed by atoms with Gasteiger partial charge in [0.1, 0.15) is 11.8 Å². The van der Waals surface area contributed by atoms with Crippen LogP contribution in [-0.2, 0) is 6.42 Å². The first-order chi connectivity index (χ1) is 10.2. The molecule has 0 amide bonds. The fraction of sp³-hybridized carbons (Fsp3) is 0.278. The molecule has 2 rings (SSSR count). The maximum absolute atomic E-state index is 8.54. The molecule has 0 radical (unpaired) electrons. The standard InChI is InChI=1S/C18H20N2O/c1-3-15-7-9-16(10-8-15)14(2)20-17-5-4-6-18(13-17)21-12-11-19/h4-10,13-14,20H,3,12H2,1-2H3. The van der Waals surface area contributed by atoms with Crippen molar-refractivity contribution in [2.75, 3.05) is 11.9 Å². The molecule has 0 aromatic heterocycles. The average Bonchev–Trinajstić information content (AvgIpc) is 2.53. The molecule has 1 atom stereocenters. The monoisotopic (exact) mass is 280 g/mol. The second-order valence-corrected chi connectivity index (χ2v) is 4.94. The zero-order valence-corrected chi connectivity index (χ0v) is 12.5. The van der Waals surface area contributed by atoms with Crippen LogP contribution in [0, 0.1) is 11.3 Å². The summed E-state index contributed by atoms with van der Waals surface area (Å²) in [6.45, 7) is 4.35. The molecule has 0 heterocycles. The van der Waals surface area contributed by atoms with Crippen LogP contribution in [0.1, 0.15) is 31.0 Å². The number of nitrogens with zero attached hydrogens (tertiary/aromatic N) is 1.